The van der Waals surface area contributed by atoms with Gasteiger partial charge in [-0.1, -0.05) is 48.5 Å². The van der Waals surface area contributed by atoms with Crippen molar-refractivity contribution in [2.45, 2.75) is 25.8 Å². The SMILES string of the molecule is CC(CCc1ccccc1)NC(=O)c1c(N)n(N=Cc2cccs2)c2nc3ccccc3nc12. The predicted octanol–water partition coefficient (Wildman–Crippen LogP) is 4.86. The van der Waals surface area contributed by atoms with E-state index in [9.17, 15) is 4.79 Å². The van der Waals surface area contributed by atoms with Crippen LogP contribution in [0.4, 0.5) is 5.82 Å². The maximum Gasteiger partial charge on any atom is 0.257 e. The minimum atomic E-state index is -0.280. The van der Waals surface area contributed by atoms with Gasteiger partial charge in [-0.15, -0.1) is 11.3 Å². The molecule has 3 heterocycles. The average molecular weight is 469 g/mol. The number of aryl methyl sites for hydroxylation is 1. The monoisotopic (exact) mass is 468 g/mol. The highest BCUT2D eigenvalue weighted by Gasteiger charge is 2.25. The highest BCUT2D eigenvalue weighted by Crippen LogP contribution is 2.28. The molecule has 1 atom stereocenters. The molecule has 0 bridgehead atoms. The minimum Gasteiger partial charge on any atom is -0.383 e. The fourth-order valence-corrected chi connectivity index (χ4v) is 4.44. The lowest BCUT2D eigenvalue weighted by Crippen LogP contribution is -2.33. The zero-order chi connectivity index (χ0) is 23.5. The lowest BCUT2D eigenvalue weighted by atomic mass is 10.1. The van der Waals surface area contributed by atoms with Crippen LogP contribution in [0.15, 0.2) is 77.2 Å². The number of fused-ring (bicyclic) bond motifs is 2. The molecule has 0 spiro atoms. The van der Waals surface area contributed by atoms with Gasteiger partial charge in [0, 0.05) is 10.9 Å². The van der Waals surface area contributed by atoms with Crippen LogP contribution in [-0.2, 0) is 6.42 Å². The Kier molecular flexibility index (Phi) is 6.05. The second-order valence-electron chi connectivity index (χ2n) is 8.12. The van der Waals surface area contributed by atoms with Crippen molar-refractivity contribution >= 4 is 51.5 Å². The van der Waals surface area contributed by atoms with Gasteiger partial charge in [-0.3, -0.25) is 4.79 Å². The summed E-state index contributed by atoms with van der Waals surface area (Å²) in [4.78, 5) is 23.8. The number of carbonyl (C=O) groups excluding carboxylic acids is 1. The van der Waals surface area contributed by atoms with E-state index in [1.165, 1.54) is 10.2 Å². The molecule has 0 fully saturated rings. The minimum absolute atomic E-state index is 0.0476. The highest BCUT2D eigenvalue weighted by atomic mass is 32.1. The second-order valence-corrected chi connectivity index (χ2v) is 9.09. The van der Waals surface area contributed by atoms with Crippen LogP contribution in [0.5, 0.6) is 0 Å². The van der Waals surface area contributed by atoms with Crippen LogP contribution < -0.4 is 11.1 Å². The lowest BCUT2D eigenvalue weighted by molar-refractivity contribution is 0.0940. The molecule has 5 aromatic rings. The van der Waals surface area contributed by atoms with E-state index in [-0.39, 0.29) is 17.8 Å². The summed E-state index contributed by atoms with van der Waals surface area (Å²) >= 11 is 1.56. The van der Waals surface area contributed by atoms with Crippen molar-refractivity contribution in [1.29, 1.82) is 0 Å². The van der Waals surface area contributed by atoms with Crippen molar-refractivity contribution in [2.24, 2.45) is 5.10 Å². The summed E-state index contributed by atoms with van der Waals surface area (Å²) in [7, 11) is 0. The quantitative estimate of drug-likeness (QED) is 0.333. The number of amides is 1. The van der Waals surface area contributed by atoms with Gasteiger partial charge >= 0.3 is 0 Å². The number of nitrogen functional groups attached to an aromatic ring is 1. The Labute approximate surface area is 201 Å². The number of nitrogens with zero attached hydrogens (tertiary/aromatic N) is 4. The summed E-state index contributed by atoms with van der Waals surface area (Å²) in [5, 5.41) is 9.59. The van der Waals surface area contributed by atoms with Crippen LogP contribution in [0.2, 0.25) is 0 Å². The molecule has 8 heteroatoms. The first kappa shape index (κ1) is 21.8. The van der Waals surface area contributed by atoms with E-state index in [1.54, 1.807) is 17.6 Å². The predicted molar refractivity (Wildman–Crippen MR) is 138 cm³/mol. The van der Waals surface area contributed by atoms with Crippen molar-refractivity contribution in [2.75, 3.05) is 5.73 Å². The van der Waals surface area contributed by atoms with Crippen molar-refractivity contribution in [3.8, 4) is 0 Å². The molecule has 1 amide bonds. The van der Waals surface area contributed by atoms with E-state index in [1.807, 2.05) is 66.9 Å². The maximum absolute atomic E-state index is 13.4. The van der Waals surface area contributed by atoms with E-state index in [2.05, 4.69) is 22.6 Å². The van der Waals surface area contributed by atoms with Crippen molar-refractivity contribution in [3.05, 3.63) is 88.1 Å². The Morgan fingerprint density at radius 2 is 1.82 bits per heavy atom. The van der Waals surface area contributed by atoms with Gasteiger partial charge in [-0.25, -0.2) is 9.97 Å². The first-order valence-corrected chi connectivity index (χ1v) is 12.0. The smallest absolute Gasteiger partial charge is 0.257 e. The number of thiophene rings is 1. The maximum atomic E-state index is 13.4. The van der Waals surface area contributed by atoms with Crippen LogP contribution in [0.25, 0.3) is 22.2 Å². The average Bonchev–Trinajstić information content (AvgIpc) is 3.46. The Morgan fingerprint density at radius 3 is 2.56 bits per heavy atom. The molecule has 0 saturated carbocycles. The van der Waals surface area contributed by atoms with Crippen LogP contribution >= 0.6 is 11.3 Å². The van der Waals surface area contributed by atoms with Crippen LogP contribution in [0, 0.1) is 0 Å². The van der Waals surface area contributed by atoms with Crippen LogP contribution in [-0.4, -0.2) is 32.8 Å². The Bertz CT molecular complexity index is 1470. The molecule has 3 aromatic heterocycles. The number of para-hydroxylation sites is 2. The van der Waals surface area contributed by atoms with Gasteiger partial charge in [0.15, 0.2) is 5.65 Å². The van der Waals surface area contributed by atoms with E-state index in [0.717, 1.165) is 17.7 Å². The van der Waals surface area contributed by atoms with E-state index < -0.39 is 0 Å². The van der Waals surface area contributed by atoms with Gasteiger partial charge < -0.3 is 11.1 Å². The molecule has 0 saturated heterocycles. The second kappa shape index (κ2) is 9.44. The molecule has 3 N–H and O–H groups in total. The third kappa shape index (κ3) is 4.40. The molecular formula is C26H24N6OS. The molecule has 0 aliphatic rings. The van der Waals surface area contributed by atoms with Gasteiger partial charge in [0.2, 0.25) is 0 Å². The van der Waals surface area contributed by atoms with Gasteiger partial charge in [0.05, 0.1) is 17.2 Å². The zero-order valence-electron chi connectivity index (χ0n) is 18.7. The summed E-state index contributed by atoms with van der Waals surface area (Å²) in [6.07, 6.45) is 3.38. The van der Waals surface area contributed by atoms with Crippen molar-refractivity contribution in [1.82, 2.24) is 20.0 Å². The largest absolute Gasteiger partial charge is 0.383 e. The standard InChI is InChI=1S/C26H24N6OS/c1-17(13-14-18-8-3-2-4-9-18)29-26(33)22-23-25(31-21-12-6-5-11-20(21)30-23)32(24(22)27)28-16-19-10-7-15-34-19/h2-12,15-17H,13-14,27H2,1H3,(H,29,33). The number of benzene rings is 2. The number of rotatable bonds is 7. The van der Waals surface area contributed by atoms with Gasteiger partial charge in [0.1, 0.15) is 16.9 Å². The number of anilines is 1. The van der Waals surface area contributed by atoms with Gasteiger partial charge in [-0.05, 0) is 48.9 Å². The summed E-state index contributed by atoms with van der Waals surface area (Å²) in [6, 6.07) is 21.6. The van der Waals surface area contributed by atoms with Crippen molar-refractivity contribution < 1.29 is 4.79 Å². The highest BCUT2D eigenvalue weighted by molar-refractivity contribution is 7.11. The number of aromatic nitrogens is 3. The molecular weight excluding hydrogens is 444 g/mol. The number of nitrogens with one attached hydrogen (secondary N) is 1. The zero-order valence-corrected chi connectivity index (χ0v) is 19.5. The molecule has 5 rings (SSSR count). The van der Waals surface area contributed by atoms with Crippen molar-refractivity contribution in [3.63, 3.8) is 0 Å². The lowest BCUT2D eigenvalue weighted by Gasteiger charge is -2.14. The molecule has 0 aliphatic heterocycles. The number of hydrogen-bond acceptors (Lipinski definition) is 6. The molecule has 7 nitrogen and oxygen atoms in total. The topological polar surface area (TPSA) is 98.2 Å². The van der Waals surface area contributed by atoms with Gasteiger partial charge in [0.25, 0.3) is 5.91 Å². The Balaban J connectivity index is 1.49. The fourth-order valence-electron chi connectivity index (χ4n) is 3.86. The molecule has 34 heavy (non-hydrogen) atoms. The summed E-state index contributed by atoms with van der Waals surface area (Å²) in [6.45, 7) is 1.99. The molecule has 0 radical (unpaired) electrons. The number of hydrogen-bond donors (Lipinski definition) is 2. The summed E-state index contributed by atoms with van der Waals surface area (Å²) < 4.78 is 1.50. The summed E-state index contributed by atoms with van der Waals surface area (Å²) in [5.41, 5.74) is 10.3. The van der Waals surface area contributed by atoms with Gasteiger partial charge in [-0.2, -0.15) is 9.78 Å². The molecule has 1 unspecified atom stereocenters. The number of nitrogens with two attached hydrogens (primary N) is 1. The Morgan fingerprint density at radius 1 is 1.09 bits per heavy atom. The Hall–Kier alpha value is -4.04. The van der Waals surface area contributed by atoms with E-state index in [0.29, 0.717) is 27.8 Å². The number of carbonyl (C=O) groups is 1. The van der Waals surface area contributed by atoms with E-state index in [4.69, 9.17) is 15.7 Å². The van der Waals surface area contributed by atoms with E-state index >= 15 is 0 Å². The molecule has 2 aromatic carbocycles. The van der Waals surface area contributed by atoms with Crippen LogP contribution in [0.3, 0.4) is 0 Å². The fraction of sp³-hybridized carbons (Fsp3) is 0.154. The first-order chi connectivity index (χ1) is 16.6. The normalized spacial score (nSPS) is 12.5. The van der Waals surface area contributed by atoms with Crippen LogP contribution in [0.1, 0.15) is 34.1 Å². The first-order valence-electron chi connectivity index (χ1n) is 11.1. The summed E-state index contributed by atoms with van der Waals surface area (Å²) in [5.74, 6) is -0.0661. The third-order valence-corrected chi connectivity index (χ3v) is 6.44. The third-order valence-electron chi connectivity index (χ3n) is 5.63. The molecule has 170 valence electrons. The molecule has 0 aliphatic carbocycles.